The van der Waals surface area contributed by atoms with E-state index in [-0.39, 0.29) is 11.6 Å². The first-order valence-electron chi connectivity index (χ1n) is 6.11. The topological polar surface area (TPSA) is 118 Å². The van der Waals surface area contributed by atoms with E-state index in [1.807, 2.05) is 6.07 Å². The van der Waals surface area contributed by atoms with Gasteiger partial charge in [-0.15, -0.1) is 0 Å². The number of amides is 1. The van der Waals surface area contributed by atoms with Gasteiger partial charge < -0.3 is 10.6 Å². The zero-order chi connectivity index (χ0) is 14.5. The highest BCUT2D eigenvalue weighted by Crippen LogP contribution is 2.29. The van der Waals surface area contributed by atoms with Crippen LogP contribution < -0.4 is 16.1 Å². The van der Waals surface area contributed by atoms with Crippen molar-refractivity contribution in [1.29, 1.82) is 10.7 Å². The Morgan fingerprint density at radius 1 is 1.50 bits per heavy atom. The Balaban J connectivity index is 2.27. The molecule has 2 rings (SSSR count). The van der Waals surface area contributed by atoms with Crippen LogP contribution in [0.4, 0.5) is 11.4 Å². The number of rotatable bonds is 4. The lowest BCUT2D eigenvalue weighted by atomic mass is 10.2. The number of hydrazone groups is 1. The Morgan fingerprint density at radius 2 is 2.25 bits per heavy atom. The van der Waals surface area contributed by atoms with E-state index < -0.39 is 5.84 Å². The summed E-state index contributed by atoms with van der Waals surface area (Å²) in [6.45, 7) is 0.666. The van der Waals surface area contributed by atoms with E-state index in [1.54, 1.807) is 29.2 Å². The van der Waals surface area contributed by atoms with Gasteiger partial charge in [0.25, 0.3) is 0 Å². The van der Waals surface area contributed by atoms with Crippen LogP contribution in [0, 0.1) is 16.7 Å². The molecule has 0 unspecified atom stereocenters. The molecule has 20 heavy (non-hydrogen) atoms. The molecule has 0 spiro atoms. The van der Waals surface area contributed by atoms with Gasteiger partial charge in [-0.3, -0.25) is 15.6 Å². The third-order valence-electron chi connectivity index (χ3n) is 2.92. The van der Waals surface area contributed by atoms with E-state index in [1.165, 1.54) is 0 Å². The third-order valence-corrected chi connectivity index (χ3v) is 2.92. The summed E-state index contributed by atoms with van der Waals surface area (Å²) >= 11 is 0. The number of hydrogen-bond acceptors (Lipinski definition) is 5. The van der Waals surface area contributed by atoms with Gasteiger partial charge in [-0.25, -0.2) is 0 Å². The van der Waals surface area contributed by atoms with Gasteiger partial charge in [0.2, 0.25) is 11.6 Å². The highest BCUT2D eigenvalue weighted by Gasteiger charge is 2.23. The molecule has 0 bridgehead atoms. The molecule has 1 aromatic rings. The minimum Gasteiger partial charge on any atom is -0.382 e. The van der Waals surface area contributed by atoms with Crippen LogP contribution in [0.3, 0.4) is 0 Å². The standard InChI is InChI=1S/C13H14N6O/c14-8-10(13(15)16)18-17-9-4-1-2-5-11(9)19-7-3-6-12(19)20/h1-2,4-5,17H,3,6-7H2,(H3,15,16)/b18-10+. The largest absolute Gasteiger partial charge is 0.382 e. The maximum atomic E-state index is 11.8. The maximum absolute atomic E-state index is 11.8. The molecule has 1 fully saturated rings. The fraction of sp³-hybridized carbons (Fsp3) is 0.231. The van der Waals surface area contributed by atoms with Crippen molar-refractivity contribution in [2.75, 3.05) is 16.9 Å². The van der Waals surface area contributed by atoms with E-state index in [9.17, 15) is 4.79 Å². The molecule has 0 aliphatic carbocycles. The minimum absolute atomic E-state index is 0.0651. The molecule has 7 heteroatoms. The smallest absolute Gasteiger partial charge is 0.227 e. The summed E-state index contributed by atoms with van der Waals surface area (Å²) < 4.78 is 0. The first kappa shape index (κ1) is 13.5. The Morgan fingerprint density at radius 3 is 2.85 bits per heavy atom. The fourth-order valence-electron chi connectivity index (χ4n) is 1.97. The lowest BCUT2D eigenvalue weighted by molar-refractivity contribution is -0.117. The van der Waals surface area contributed by atoms with Crippen LogP contribution >= 0.6 is 0 Å². The van der Waals surface area contributed by atoms with Crippen LogP contribution in [0.1, 0.15) is 12.8 Å². The van der Waals surface area contributed by atoms with E-state index in [4.69, 9.17) is 16.4 Å². The third kappa shape index (κ3) is 2.75. The minimum atomic E-state index is -0.408. The number of nitrogens with zero attached hydrogens (tertiary/aromatic N) is 3. The van der Waals surface area contributed by atoms with E-state index in [2.05, 4.69) is 10.5 Å². The molecular weight excluding hydrogens is 256 g/mol. The highest BCUT2D eigenvalue weighted by atomic mass is 16.2. The quantitative estimate of drug-likeness (QED) is 0.430. The zero-order valence-electron chi connectivity index (χ0n) is 10.8. The van der Waals surface area contributed by atoms with Crippen LogP contribution in [0.25, 0.3) is 0 Å². The summed E-state index contributed by atoms with van der Waals surface area (Å²) in [5, 5.41) is 19.8. The molecule has 102 valence electrons. The predicted octanol–water partition coefficient (Wildman–Crippen LogP) is 1.04. The van der Waals surface area contributed by atoms with Crippen LogP contribution in [-0.2, 0) is 4.79 Å². The number of carbonyl (C=O) groups excluding carboxylic acids is 1. The maximum Gasteiger partial charge on any atom is 0.227 e. The molecule has 1 aliphatic rings. The van der Waals surface area contributed by atoms with Gasteiger partial charge in [0.1, 0.15) is 6.07 Å². The molecule has 1 amide bonds. The normalized spacial score (nSPS) is 15.1. The summed E-state index contributed by atoms with van der Waals surface area (Å²) in [5.41, 5.74) is 9.01. The Kier molecular flexibility index (Phi) is 3.96. The average Bonchev–Trinajstić information content (AvgIpc) is 2.86. The number of amidine groups is 1. The summed E-state index contributed by atoms with van der Waals surface area (Å²) in [7, 11) is 0. The molecule has 1 heterocycles. The molecule has 0 aromatic heterocycles. The first-order chi connectivity index (χ1) is 9.63. The Labute approximate surface area is 116 Å². The lowest BCUT2D eigenvalue weighted by Gasteiger charge is -2.19. The number of carbonyl (C=O) groups is 1. The van der Waals surface area contributed by atoms with Crippen molar-refractivity contribution in [2.45, 2.75) is 12.8 Å². The van der Waals surface area contributed by atoms with Gasteiger partial charge in [0.15, 0.2) is 5.84 Å². The number of nitrogens with one attached hydrogen (secondary N) is 2. The number of benzene rings is 1. The van der Waals surface area contributed by atoms with Crippen molar-refractivity contribution in [3.8, 4) is 6.07 Å². The Hall–Kier alpha value is -2.88. The molecule has 0 atom stereocenters. The molecule has 1 aromatic carbocycles. The summed E-state index contributed by atoms with van der Waals surface area (Å²) in [4.78, 5) is 13.5. The molecule has 0 saturated carbocycles. The fourth-order valence-corrected chi connectivity index (χ4v) is 1.97. The summed E-state index contributed by atoms with van der Waals surface area (Å²) in [5.74, 6) is -0.343. The van der Waals surface area contributed by atoms with E-state index >= 15 is 0 Å². The molecule has 7 nitrogen and oxygen atoms in total. The molecule has 1 aliphatic heterocycles. The van der Waals surface area contributed by atoms with Gasteiger partial charge in [0.05, 0.1) is 11.4 Å². The SMILES string of the molecule is N#C/C(=N\Nc1ccccc1N1CCCC1=O)C(=N)N. The van der Waals surface area contributed by atoms with E-state index in [0.29, 0.717) is 24.3 Å². The average molecular weight is 270 g/mol. The summed E-state index contributed by atoms with van der Waals surface area (Å²) in [6.07, 6.45) is 1.36. The van der Waals surface area contributed by atoms with Crippen molar-refractivity contribution >= 4 is 28.8 Å². The second kappa shape index (κ2) is 5.84. The predicted molar refractivity (Wildman–Crippen MR) is 76.6 cm³/mol. The molecule has 1 saturated heterocycles. The second-order valence-corrected chi connectivity index (χ2v) is 4.26. The molecular formula is C13H14N6O. The number of nitrogens with two attached hydrogens (primary N) is 1. The van der Waals surface area contributed by atoms with Gasteiger partial charge >= 0.3 is 0 Å². The molecule has 0 radical (unpaired) electrons. The summed E-state index contributed by atoms with van der Waals surface area (Å²) in [6, 6.07) is 8.90. The number of nitriles is 1. The first-order valence-corrected chi connectivity index (χ1v) is 6.11. The van der Waals surface area contributed by atoms with Crippen LogP contribution in [0.15, 0.2) is 29.4 Å². The van der Waals surface area contributed by atoms with Crippen LogP contribution in [-0.4, -0.2) is 24.0 Å². The van der Waals surface area contributed by atoms with Gasteiger partial charge in [0, 0.05) is 13.0 Å². The van der Waals surface area contributed by atoms with Gasteiger partial charge in [-0.2, -0.15) is 10.4 Å². The van der Waals surface area contributed by atoms with Crippen molar-refractivity contribution in [3.63, 3.8) is 0 Å². The Bertz CT molecular complexity index is 616. The van der Waals surface area contributed by atoms with Crippen molar-refractivity contribution < 1.29 is 4.79 Å². The number of anilines is 2. The van der Waals surface area contributed by atoms with Crippen molar-refractivity contribution in [1.82, 2.24) is 0 Å². The second-order valence-electron chi connectivity index (χ2n) is 4.26. The highest BCUT2D eigenvalue weighted by molar-refractivity contribution is 6.45. The van der Waals surface area contributed by atoms with Gasteiger partial charge in [-0.1, -0.05) is 12.1 Å². The van der Waals surface area contributed by atoms with Crippen LogP contribution in [0.5, 0.6) is 0 Å². The van der Waals surface area contributed by atoms with Crippen LogP contribution in [0.2, 0.25) is 0 Å². The van der Waals surface area contributed by atoms with E-state index in [0.717, 1.165) is 6.42 Å². The zero-order valence-corrected chi connectivity index (χ0v) is 10.8. The van der Waals surface area contributed by atoms with Gasteiger partial charge in [-0.05, 0) is 18.6 Å². The lowest BCUT2D eigenvalue weighted by Crippen LogP contribution is -2.25. The van der Waals surface area contributed by atoms with Crippen molar-refractivity contribution in [2.24, 2.45) is 10.8 Å². The number of hydrogen-bond donors (Lipinski definition) is 3. The monoisotopic (exact) mass is 270 g/mol. The number of para-hydroxylation sites is 2. The molecule has 4 N–H and O–H groups in total. The van der Waals surface area contributed by atoms with Crippen molar-refractivity contribution in [3.05, 3.63) is 24.3 Å².